The van der Waals surface area contributed by atoms with E-state index in [0.717, 1.165) is 23.2 Å². The Morgan fingerprint density at radius 3 is 3.05 bits per heavy atom. The van der Waals surface area contributed by atoms with Gasteiger partial charge in [-0.05, 0) is 18.2 Å². The molecule has 19 heavy (non-hydrogen) atoms. The molecule has 5 heteroatoms. The van der Waals surface area contributed by atoms with Crippen LogP contribution in [0.5, 0.6) is 0 Å². The Labute approximate surface area is 111 Å². The van der Waals surface area contributed by atoms with Crippen LogP contribution in [0.4, 0.5) is 5.82 Å². The number of carboxylic acid groups (broad SMARTS) is 1. The highest BCUT2D eigenvalue weighted by Gasteiger charge is 2.12. The third-order valence-corrected chi connectivity index (χ3v) is 2.70. The monoisotopic (exact) mass is 257 g/mol. The van der Waals surface area contributed by atoms with E-state index >= 15 is 0 Å². The molecule has 0 bridgehead atoms. The molecule has 0 radical (unpaired) electrons. The topological polar surface area (TPSA) is 57.8 Å². The van der Waals surface area contributed by atoms with E-state index in [2.05, 4.69) is 11.6 Å². The van der Waals surface area contributed by atoms with Crippen LogP contribution in [-0.2, 0) is 4.79 Å². The van der Waals surface area contributed by atoms with Crippen LogP contribution in [0.1, 0.15) is 5.69 Å². The summed E-state index contributed by atoms with van der Waals surface area (Å²) >= 11 is 0. The summed E-state index contributed by atoms with van der Waals surface area (Å²) in [5, 5.41) is 8.77. The average molecular weight is 257 g/mol. The van der Waals surface area contributed by atoms with Gasteiger partial charge in [-0.25, -0.2) is 9.78 Å². The van der Waals surface area contributed by atoms with Crippen LogP contribution in [0.2, 0.25) is 0 Å². The van der Waals surface area contributed by atoms with Gasteiger partial charge in [0.2, 0.25) is 0 Å². The van der Waals surface area contributed by atoms with Crippen LogP contribution in [0.3, 0.4) is 0 Å². The van der Waals surface area contributed by atoms with Gasteiger partial charge >= 0.3 is 5.97 Å². The summed E-state index contributed by atoms with van der Waals surface area (Å²) in [4.78, 5) is 17.1. The van der Waals surface area contributed by atoms with Gasteiger partial charge in [-0.1, -0.05) is 12.1 Å². The maximum Gasteiger partial charge on any atom is 0.328 e. The van der Waals surface area contributed by atoms with Crippen molar-refractivity contribution in [2.75, 3.05) is 18.5 Å². The molecule has 2 rings (SSSR count). The number of hydrogen-bond donors (Lipinski definition) is 1. The second-order valence-electron chi connectivity index (χ2n) is 4.09. The number of pyridine rings is 1. The number of nitrogens with zero attached hydrogens (tertiary/aromatic N) is 3. The molecule has 0 saturated heterocycles. The lowest BCUT2D eigenvalue weighted by molar-refractivity contribution is -0.131. The first kappa shape index (κ1) is 12.9. The first-order valence-electron chi connectivity index (χ1n) is 5.83. The van der Waals surface area contributed by atoms with Crippen LogP contribution >= 0.6 is 0 Å². The number of likely N-dealkylation sites (N-methyl/N-ethyl adjacent to an activating group) is 1. The van der Waals surface area contributed by atoms with Crippen molar-refractivity contribution in [1.29, 1.82) is 0 Å². The Hall–Kier alpha value is -2.56. The molecule has 0 atom stereocenters. The van der Waals surface area contributed by atoms with Gasteiger partial charge in [0, 0.05) is 25.9 Å². The molecule has 0 aliphatic carbocycles. The first-order chi connectivity index (χ1) is 9.13. The van der Waals surface area contributed by atoms with E-state index in [1.54, 1.807) is 12.2 Å². The van der Waals surface area contributed by atoms with Crippen molar-refractivity contribution in [2.45, 2.75) is 0 Å². The molecule has 2 aromatic heterocycles. The maximum atomic E-state index is 10.7. The maximum absolute atomic E-state index is 10.7. The number of fused-ring (bicyclic) bond motifs is 1. The van der Waals surface area contributed by atoms with Gasteiger partial charge in [0.05, 0.1) is 5.69 Å². The third kappa shape index (κ3) is 2.65. The Kier molecular flexibility index (Phi) is 3.66. The minimum atomic E-state index is -0.983. The molecule has 0 amide bonds. The van der Waals surface area contributed by atoms with Gasteiger partial charge in [-0.3, -0.25) is 4.40 Å². The molecule has 0 saturated carbocycles. The molecule has 0 spiro atoms. The Morgan fingerprint density at radius 1 is 1.58 bits per heavy atom. The summed E-state index contributed by atoms with van der Waals surface area (Å²) in [6, 6.07) is 5.65. The molecular weight excluding hydrogens is 242 g/mol. The van der Waals surface area contributed by atoms with Gasteiger partial charge in [0.15, 0.2) is 5.82 Å². The molecule has 0 aliphatic heterocycles. The summed E-state index contributed by atoms with van der Waals surface area (Å²) in [5.74, 6) is -0.258. The number of rotatable bonds is 5. The molecular formula is C14H15N3O2. The van der Waals surface area contributed by atoms with E-state index in [1.165, 1.54) is 0 Å². The second-order valence-corrected chi connectivity index (χ2v) is 4.09. The van der Waals surface area contributed by atoms with Gasteiger partial charge in [-0.15, -0.1) is 6.58 Å². The number of carboxylic acids is 1. The average Bonchev–Trinajstić information content (AvgIpc) is 2.75. The smallest absolute Gasteiger partial charge is 0.328 e. The van der Waals surface area contributed by atoms with Crippen LogP contribution < -0.4 is 4.90 Å². The number of imidazole rings is 1. The van der Waals surface area contributed by atoms with Crippen molar-refractivity contribution in [3.63, 3.8) is 0 Å². The van der Waals surface area contributed by atoms with E-state index in [1.807, 2.05) is 40.7 Å². The SMILES string of the molecule is C=CCN(C)c1nc2ccccn2c1/C=C/C(=O)O. The zero-order valence-corrected chi connectivity index (χ0v) is 10.7. The first-order valence-corrected chi connectivity index (χ1v) is 5.83. The molecule has 5 nitrogen and oxygen atoms in total. The number of hydrogen-bond acceptors (Lipinski definition) is 3. The van der Waals surface area contributed by atoms with E-state index < -0.39 is 5.97 Å². The van der Waals surface area contributed by atoms with E-state index in [0.29, 0.717) is 6.54 Å². The Bertz CT molecular complexity index is 643. The number of aromatic nitrogens is 2. The van der Waals surface area contributed by atoms with Crippen LogP contribution in [0.25, 0.3) is 11.7 Å². The molecule has 0 aliphatic rings. The molecule has 1 N–H and O–H groups in total. The van der Waals surface area contributed by atoms with Crippen molar-refractivity contribution in [3.8, 4) is 0 Å². The molecule has 2 heterocycles. The van der Waals surface area contributed by atoms with Crippen LogP contribution in [0.15, 0.2) is 43.1 Å². The largest absolute Gasteiger partial charge is 0.478 e. The highest BCUT2D eigenvalue weighted by Crippen LogP contribution is 2.22. The van der Waals surface area contributed by atoms with Gasteiger partial charge in [-0.2, -0.15) is 0 Å². The lowest BCUT2D eigenvalue weighted by Gasteiger charge is -2.14. The minimum Gasteiger partial charge on any atom is -0.478 e. The molecule has 0 fully saturated rings. The standard InChI is InChI=1S/C14H15N3O2/c1-3-9-16(2)14-11(7-8-13(18)19)17-10-5-4-6-12(17)15-14/h3-8,10H,1,9H2,2H3,(H,18,19)/b8-7+. The minimum absolute atomic E-state index is 0.637. The summed E-state index contributed by atoms with van der Waals surface area (Å²) < 4.78 is 1.86. The summed E-state index contributed by atoms with van der Waals surface area (Å²) in [6.45, 7) is 4.33. The van der Waals surface area contributed by atoms with E-state index in [4.69, 9.17) is 5.11 Å². The fourth-order valence-electron chi connectivity index (χ4n) is 1.87. The highest BCUT2D eigenvalue weighted by molar-refractivity contribution is 5.86. The summed E-state index contributed by atoms with van der Waals surface area (Å²) in [7, 11) is 1.89. The van der Waals surface area contributed by atoms with E-state index in [-0.39, 0.29) is 0 Å². The van der Waals surface area contributed by atoms with Crippen LogP contribution in [-0.4, -0.2) is 34.1 Å². The zero-order chi connectivity index (χ0) is 13.8. The highest BCUT2D eigenvalue weighted by atomic mass is 16.4. The number of carbonyl (C=O) groups is 1. The quantitative estimate of drug-likeness (QED) is 0.658. The van der Waals surface area contributed by atoms with Gasteiger partial charge in [0.25, 0.3) is 0 Å². The lowest BCUT2D eigenvalue weighted by Crippen LogP contribution is -2.18. The van der Waals surface area contributed by atoms with Crippen LogP contribution in [0, 0.1) is 0 Å². The Morgan fingerprint density at radius 2 is 2.37 bits per heavy atom. The van der Waals surface area contributed by atoms with Crippen molar-refractivity contribution in [2.24, 2.45) is 0 Å². The molecule has 2 aromatic rings. The zero-order valence-electron chi connectivity index (χ0n) is 10.7. The van der Waals surface area contributed by atoms with Crippen molar-refractivity contribution in [3.05, 3.63) is 48.8 Å². The summed E-state index contributed by atoms with van der Waals surface area (Å²) in [5.41, 5.74) is 1.51. The van der Waals surface area contributed by atoms with Gasteiger partial charge in [0.1, 0.15) is 5.65 Å². The van der Waals surface area contributed by atoms with Gasteiger partial charge < -0.3 is 10.0 Å². The number of aliphatic carboxylic acids is 1. The second kappa shape index (κ2) is 5.39. The molecule has 98 valence electrons. The number of anilines is 1. The third-order valence-electron chi connectivity index (χ3n) is 2.70. The molecule has 0 unspecified atom stereocenters. The van der Waals surface area contributed by atoms with E-state index in [9.17, 15) is 4.79 Å². The lowest BCUT2D eigenvalue weighted by atomic mass is 10.3. The van der Waals surface area contributed by atoms with Crippen molar-refractivity contribution >= 4 is 23.5 Å². The normalized spacial score (nSPS) is 11.0. The molecule has 0 aromatic carbocycles. The predicted octanol–water partition coefficient (Wildman–Crippen LogP) is 2.05. The fraction of sp³-hybridized carbons (Fsp3) is 0.143. The fourth-order valence-corrected chi connectivity index (χ4v) is 1.87. The predicted molar refractivity (Wildman–Crippen MR) is 75.3 cm³/mol. The van der Waals surface area contributed by atoms with Crippen molar-refractivity contribution < 1.29 is 9.90 Å². The summed E-state index contributed by atoms with van der Waals surface area (Å²) in [6.07, 6.45) is 6.29. The van der Waals surface area contributed by atoms with Crippen molar-refractivity contribution in [1.82, 2.24) is 9.38 Å². The Balaban J connectivity index is 2.57.